The molecule has 6 nitrogen and oxygen atoms in total. The van der Waals surface area contributed by atoms with Crippen LogP contribution in [0.2, 0.25) is 0 Å². The van der Waals surface area contributed by atoms with Crippen LogP contribution >= 0.6 is 0 Å². The zero-order valence-electron chi connectivity index (χ0n) is 19.3. The first-order valence-corrected chi connectivity index (χ1v) is 11.3. The molecule has 3 aromatic carbocycles. The predicted octanol–water partition coefficient (Wildman–Crippen LogP) is 5.84. The minimum atomic E-state index is -0.360. The van der Waals surface area contributed by atoms with Crippen LogP contribution in [0.5, 0.6) is 5.75 Å². The number of rotatable bonds is 7. The number of halogens is 1. The number of methoxy groups -OCH3 is 1. The summed E-state index contributed by atoms with van der Waals surface area (Å²) in [6, 6.07) is 21.7. The van der Waals surface area contributed by atoms with Crippen LogP contribution in [0.1, 0.15) is 33.2 Å². The van der Waals surface area contributed by atoms with Crippen LogP contribution in [0.4, 0.5) is 4.39 Å². The van der Waals surface area contributed by atoms with Crippen molar-refractivity contribution in [3.05, 3.63) is 107 Å². The van der Waals surface area contributed by atoms with E-state index in [1.54, 1.807) is 26.2 Å². The molecule has 1 atom stereocenters. The fourth-order valence-electron chi connectivity index (χ4n) is 4.35. The molecular weight excluding hydrogens is 445 g/mol. The van der Waals surface area contributed by atoms with E-state index in [1.165, 1.54) is 12.1 Å². The van der Waals surface area contributed by atoms with Gasteiger partial charge in [0.2, 0.25) is 0 Å². The summed E-state index contributed by atoms with van der Waals surface area (Å²) >= 11 is 0. The fourth-order valence-corrected chi connectivity index (χ4v) is 4.35. The summed E-state index contributed by atoms with van der Waals surface area (Å²) in [5.74, 6) is 0.382. The molecule has 0 spiro atoms. The van der Waals surface area contributed by atoms with Gasteiger partial charge in [-0.15, -0.1) is 0 Å². The van der Waals surface area contributed by atoms with E-state index in [0.29, 0.717) is 29.1 Å². The van der Waals surface area contributed by atoms with E-state index >= 15 is 0 Å². The van der Waals surface area contributed by atoms with Gasteiger partial charge in [0, 0.05) is 35.1 Å². The molecule has 0 saturated heterocycles. The zero-order chi connectivity index (χ0) is 24.4. The molecule has 0 aliphatic rings. The van der Waals surface area contributed by atoms with Gasteiger partial charge in [0.05, 0.1) is 7.11 Å². The molecule has 2 aromatic heterocycles. The summed E-state index contributed by atoms with van der Waals surface area (Å²) in [6.45, 7) is 2.04. The maximum Gasteiger partial charge on any atom is 0.257 e. The predicted molar refractivity (Wildman–Crippen MR) is 132 cm³/mol. The van der Waals surface area contributed by atoms with Crippen molar-refractivity contribution in [3.8, 4) is 17.0 Å². The molecular formula is C28H24FN3O3. The van der Waals surface area contributed by atoms with Crippen molar-refractivity contribution in [3.63, 3.8) is 0 Å². The number of benzene rings is 3. The van der Waals surface area contributed by atoms with Crippen LogP contribution in [0.25, 0.3) is 22.2 Å². The van der Waals surface area contributed by atoms with Crippen LogP contribution in [-0.2, 0) is 0 Å². The number of aromatic nitrogens is 2. The van der Waals surface area contributed by atoms with Gasteiger partial charge in [-0.25, -0.2) is 4.39 Å². The number of hydrogen-bond acceptors (Lipinski definition) is 4. The molecule has 1 unspecified atom stereocenters. The van der Waals surface area contributed by atoms with Crippen LogP contribution in [0.15, 0.2) is 83.5 Å². The topological polar surface area (TPSA) is 80.2 Å². The number of carbonyl (C=O) groups excluding carboxylic acids is 1. The summed E-state index contributed by atoms with van der Waals surface area (Å²) in [5.41, 5.74) is 4.47. The monoisotopic (exact) mass is 469 g/mol. The van der Waals surface area contributed by atoms with Gasteiger partial charge in [0.15, 0.2) is 0 Å². The SMILES string of the molecule is COc1ccc(C(CNC(=O)c2c(-c3ccc(F)cc3)noc2C)c2c[nH]c3ccccc23)cc1. The molecule has 0 aliphatic heterocycles. The first kappa shape index (κ1) is 22.4. The highest BCUT2D eigenvalue weighted by Gasteiger charge is 2.24. The highest BCUT2D eigenvalue weighted by molar-refractivity contribution is 6.00. The fraction of sp³-hybridized carbons (Fsp3) is 0.143. The molecule has 35 heavy (non-hydrogen) atoms. The molecule has 1 amide bonds. The summed E-state index contributed by atoms with van der Waals surface area (Å²) in [7, 11) is 1.63. The number of amides is 1. The quantitative estimate of drug-likeness (QED) is 0.314. The van der Waals surface area contributed by atoms with E-state index in [-0.39, 0.29) is 17.6 Å². The summed E-state index contributed by atoms with van der Waals surface area (Å²) in [5, 5.41) is 8.22. The van der Waals surface area contributed by atoms with Crippen molar-refractivity contribution in [1.29, 1.82) is 0 Å². The lowest BCUT2D eigenvalue weighted by Crippen LogP contribution is -2.29. The number of fused-ring (bicyclic) bond motifs is 1. The second-order valence-electron chi connectivity index (χ2n) is 8.29. The Morgan fingerprint density at radius 3 is 2.57 bits per heavy atom. The van der Waals surface area contributed by atoms with Crippen molar-refractivity contribution in [2.45, 2.75) is 12.8 Å². The van der Waals surface area contributed by atoms with Crippen molar-refractivity contribution in [1.82, 2.24) is 15.5 Å². The Morgan fingerprint density at radius 1 is 1.09 bits per heavy atom. The van der Waals surface area contributed by atoms with Crippen molar-refractivity contribution < 1.29 is 18.4 Å². The summed E-state index contributed by atoms with van der Waals surface area (Å²) in [6.07, 6.45) is 1.99. The molecule has 5 rings (SSSR count). The normalized spacial score (nSPS) is 12.0. The van der Waals surface area contributed by atoms with E-state index in [1.807, 2.05) is 48.7 Å². The third-order valence-corrected chi connectivity index (χ3v) is 6.19. The van der Waals surface area contributed by atoms with Crippen LogP contribution < -0.4 is 10.1 Å². The third kappa shape index (κ3) is 4.40. The highest BCUT2D eigenvalue weighted by atomic mass is 19.1. The standard InChI is InChI=1S/C28H24FN3O3/c1-17-26(27(32-35-17)19-7-11-20(29)12-8-19)28(33)31-15-23(18-9-13-21(34-2)14-10-18)24-16-30-25-6-4-3-5-22(24)25/h3-14,16,23,30H,15H2,1-2H3,(H,31,33). The van der Waals surface area contributed by atoms with E-state index in [2.05, 4.69) is 21.5 Å². The van der Waals surface area contributed by atoms with Crippen molar-refractivity contribution in [2.75, 3.05) is 13.7 Å². The van der Waals surface area contributed by atoms with E-state index in [0.717, 1.165) is 27.8 Å². The maximum absolute atomic E-state index is 13.4. The molecule has 0 fully saturated rings. The minimum Gasteiger partial charge on any atom is -0.497 e. The average Bonchev–Trinajstić information content (AvgIpc) is 3.49. The van der Waals surface area contributed by atoms with Gasteiger partial charge < -0.3 is 19.6 Å². The van der Waals surface area contributed by atoms with Gasteiger partial charge in [-0.2, -0.15) is 0 Å². The Hall–Kier alpha value is -4.39. The average molecular weight is 470 g/mol. The minimum absolute atomic E-state index is 0.115. The molecule has 5 aromatic rings. The van der Waals surface area contributed by atoms with Gasteiger partial charge in [-0.1, -0.05) is 35.5 Å². The maximum atomic E-state index is 13.4. The molecule has 0 bridgehead atoms. The number of ether oxygens (including phenoxy) is 1. The summed E-state index contributed by atoms with van der Waals surface area (Å²) in [4.78, 5) is 16.7. The van der Waals surface area contributed by atoms with E-state index in [4.69, 9.17) is 9.26 Å². The second-order valence-corrected chi connectivity index (χ2v) is 8.29. The van der Waals surface area contributed by atoms with E-state index < -0.39 is 0 Å². The van der Waals surface area contributed by atoms with Crippen LogP contribution in [0, 0.1) is 12.7 Å². The molecule has 7 heteroatoms. The number of hydrogen-bond donors (Lipinski definition) is 2. The third-order valence-electron chi connectivity index (χ3n) is 6.19. The first-order chi connectivity index (χ1) is 17.0. The lowest BCUT2D eigenvalue weighted by Gasteiger charge is -2.19. The number of aryl methyl sites for hydroxylation is 1. The Kier molecular flexibility index (Phi) is 6.06. The molecule has 0 saturated carbocycles. The molecule has 0 aliphatic carbocycles. The van der Waals surface area contributed by atoms with E-state index in [9.17, 15) is 9.18 Å². The Labute approximate surface area is 201 Å². The number of carbonyl (C=O) groups is 1. The Balaban J connectivity index is 1.46. The van der Waals surface area contributed by atoms with Gasteiger partial charge in [0.1, 0.15) is 28.6 Å². The molecule has 2 N–H and O–H groups in total. The van der Waals surface area contributed by atoms with Crippen LogP contribution in [-0.4, -0.2) is 29.7 Å². The number of nitrogens with one attached hydrogen (secondary N) is 2. The molecule has 0 radical (unpaired) electrons. The summed E-state index contributed by atoms with van der Waals surface area (Å²) < 4.78 is 24.0. The van der Waals surface area contributed by atoms with Crippen LogP contribution in [0.3, 0.4) is 0 Å². The number of aromatic amines is 1. The lowest BCUT2D eigenvalue weighted by atomic mass is 9.90. The lowest BCUT2D eigenvalue weighted by molar-refractivity contribution is 0.0951. The first-order valence-electron chi connectivity index (χ1n) is 11.3. The van der Waals surface area contributed by atoms with Gasteiger partial charge in [-0.05, 0) is 60.5 Å². The zero-order valence-corrected chi connectivity index (χ0v) is 19.3. The second kappa shape index (κ2) is 9.46. The number of H-pyrrole nitrogens is 1. The van der Waals surface area contributed by atoms with Gasteiger partial charge in [-0.3, -0.25) is 4.79 Å². The van der Waals surface area contributed by atoms with Crippen molar-refractivity contribution >= 4 is 16.8 Å². The van der Waals surface area contributed by atoms with Gasteiger partial charge >= 0.3 is 0 Å². The smallest absolute Gasteiger partial charge is 0.257 e. The molecule has 2 heterocycles. The molecule has 176 valence electrons. The largest absolute Gasteiger partial charge is 0.497 e. The Bertz CT molecular complexity index is 1470. The highest BCUT2D eigenvalue weighted by Crippen LogP contribution is 2.32. The Morgan fingerprint density at radius 2 is 1.83 bits per heavy atom. The van der Waals surface area contributed by atoms with Gasteiger partial charge in [0.25, 0.3) is 5.91 Å². The van der Waals surface area contributed by atoms with Crippen molar-refractivity contribution in [2.24, 2.45) is 0 Å². The number of nitrogens with zero attached hydrogens (tertiary/aromatic N) is 1. The number of para-hydroxylation sites is 1.